The number of anilines is 2. The molecule has 1 N–H and O–H groups in total. The number of nitrogens with zero attached hydrogens (tertiary/aromatic N) is 2. The molecule has 1 aromatic carbocycles. The molecule has 2 aromatic rings. The first-order valence-corrected chi connectivity index (χ1v) is 6.89. The van der Waals surface area contributed by atoms with Crippen LogP contribution in [0.1, 0.15) is 6.42 Å². The summed E-state index contributed by atoms with van der Waals surface area (Å²) in [6.07, 6.45) is 2.02. The number of hydrogen-bond donors (Lipinski definition) is 1. The molecule has 5 nitrogen and oxygen atoms in total. The number of pyridine rings is 1. The van der Waals surface area contributed by atoms with Gasteiger partial charge in [-0.2, -0.15) is 0 Å². The minimum atomic E-state index is -0.0615. The van der Waals surface area contributed by atoms with Gasteiger partial charge in [-0.1, -0.05) is 18.2 Å². The van der Waals surface area contributed by atoms with Crippen LogP contribution in [0, 0.1) is 0 Å². The Morgan fingerprint density at radius 1 is 1.33 bits per heavy atom. The fourth-order valence-electron chi connectivity index (χ4n) is 2.41. The topological polar surface area (TPSA) is 54.5 Å². The molecule has 0 saturated heterocycles. The number of likely N-dealkylation sites (N-methyl/N-ethyl adjacent to an activating group) is 1. The molecule has 3 rings (SSSR count). The van der Waals surface area contributed by atoms with Crippen LogP contribution < -0.4 is 15.0 Å². The molecule has 1 unspecified atom stereocenters. The molecule has 108 valence electrons. The van der Waals surface area contributed by atoms with E-state index in [-0.39, 0.29) is 11.9 Å². The van der Waals surface area contributed by atoms with Crippen LogP contribution in [-0.4, -0.2) is 30.6 Å². The van der Waals surface area contributed by atoms with Crippen molar-refractivity contribution in [3.63, 3.8) is 0 Å². The predicted molar refractivity (Wildman–Crippen MR) is 81.6 cm³/mol. The monoisotopic (exact) mass is 283 g/mol. The van der Waals surface area contributed by atoms with Crippen LogP contribution in [0.25, 0.3) is 0 Å². The summed E-state index contributed by atoms with van der Waals surface area (Å²) in [6.45, 7) is 0.503. The maximum atomic E-state index is 12.1. The van der Waals surface area contributed by atoms with Gasteiger partial charge in [-0.3, -0.25) is 4.79 Å². The average Bonchev–Trinajstić information content (AvgIpc) is 2.51. The third kappa shape index (κ3) is 2.97. The lowest BCUT2D eigenvalue weighted by atomic mass is 10.1. The number of carbonyl (C=O) groups excluding carboxylic acids is 1. The number of fused-ring (bicyclic) bond motifs is 1. The Balaban J connectivity index is 1.65. The first-order valence-electron chi connectivity index (χ1n) is 6.89. The van der Waals surface area contributed by atoms with Crippen LogP contribution in [0.5, 0.6) is 5.75 Å². The maximum absolute atomic E-state index is 12.1. The zero-order chi connectivity index (χ0) is 14.7. The summed E-state index contributed by atoms with van der Waals surface area (Å²) in [5.41, 5.74) is 1.01. The Kier molecular flexibility index (Phi) is 3.73. The Bertz CT molecular complexity index is 630. The van der Waals surface area contributed by atoms with Crippen LogP contribution in [0.3, 0.4) is 0 Å². The molecule has 1 aromatic heterocycles. The first kappa shape index (κ1) is 13.4. The molecule has 0 bridgehead atoms. The van der Waals surface area contributed by atoms with E-state index in [1.165, 1.54) is 0 Å². The van der Waals surface area contributed by atoms with Gasteiger partial charge in [-0.05, 0) is 24.3 Å². The quantitative estimate of drug-likeness (QED) is 0.939. The lowest BCUT2D eigenvalue weighted by Gasteiger charge is -2.35. The molecular formula is C16H17N3O2. The number of hydrogen-bond acceptors (Lipinski definition) is 4. The molecule has 1 atom stereocenters. The summed E-state index contributed by atoms with van der Waals surface area (Å²) in [7, 11) is 1.99. The van der Waals surface area contributed by atoms with Crippen LogP contribution in [0.15, 0.2) is 48.7 Å². The summed E-state index contributed by atoms with van der Waals surface area (Å²) < 4.78 is 5.72. The van der Waals surface area contributed by atoms with E-state index in [0.717, 1.165) is 11.4 Å². The third-order valence-electron chi connectivity index (χ3n) is 3.58. The predicted octanol–water partition coefficient (Wildman–Crippen LogP) is 2.31. The van der Waals surface area contributed by atoms with Crippen molar-refractivity contribution in [1.29, 1.82) is 0 Å². The van der Waals surface area contributed by atoms with Crippen LogP contribution in [-0.2, 0) is 4.79 Å². The van der Waals surface area contributed by atoms with Crippen molar-refractivity contribution < 1.29 is 9.53 Å². The number of nitrogens with one attached hydrogen (secondary N) is 1. The Hall–Kier alpha value is -2.56. The highest BCUT2D eigenvalue weighted by molar-refractivity contribution is 5.90. The molecule has 5 heteroatoms. The van der Waals surface area contributed by atoms with Gasteiger partial charge >= 0.3 is 0 Å². The highest BCUT2D eigenvalue weighted by Gasteiger charge is 2.26. The van der Waals surface area contributed by atoms with Gasteiger partial charge < -0.3 is 15.0 Å². The van der Waals surface area contributed by atoms with E-state index in [1.807, 2.05) is 43.4 Å². The van der Waals surface area contributed by atoms with E-state index in [9.17, 15) is 4.79 Å². The third-order valence-corrected chi connectivity index (χ3v) is 3.58. The fraction of sp³-hybridized carbons (Fsp3) is 0.250. The lowest BCUT2D eigenvalue weighted by molar-refractivity contribution is -0.116. The smallest absolute Gasteiger partial charge is 0.227 e. The molecule has 21 heavy (non-hydrogen) atoms. The van der Waals surface area contributed by atoms with E-state index in [2.05, 4.69) is 15.2 Å². The van der Waals surface area contributed by atoms with Crippen LogP contribution in [0.2, 0.25) is 0 Å². The zero-order valence-corrected chi connectivity index (χ0v) is 11.8. The second-order valence-electron chi connectivity index (χ2n) is 5.01. The number of ether oxygens (including phenoxy) is 1. The molecular weight excluding hydrogens is 266 g/mol. The maximum Gasteiger partial charge on any atom is 0.227 e. The minimum absolute atomic E-state index is 0.0172. The van der Waals surface area contributed by atoms with E-state index < -0.39 is 0 Å². The van der Waals surface area contributed by atoms with Gasteiger partial charge in [-0.15, -0.1) is 0 Å². The highest BCUT2D eigenvalue weighted by atomic mass is 16.5. The molecule has 0 spiro atoms. The number of carbonyl (C=O) groups is 1. The molecule has 0 fully saturated rings. The zero-order valence-electron chi connectivity index (χ0n) is 11.8. The largest absolute Gasteiger partial charge is 0.489 e. The molecule has 1 aliphatic rings. The number of benzene rings is 1. The van der Waals surface area contributed by atoms with Gasteiger partial charge in [0.1, 0.15) is 18.2 Å². The van der Waals surface area contributed by atoms with Crippen molar-refractivity contribution >= 4 is 17.4 Å². The Morgan fingerprint density at radius 3 is 2.95 bits per heavy atom. The van der Waals surface area contributed by atoms with Gasteiger partial charge in [0.25, 0.3) is 0 Å². The summed E-state index contributed by atoms with van der Waals surface area (Å²) in [6, 6.07) is 13.3. The standard InChI is InChI=1S/C16H17N3O2/c1-19-12(11-21-14-7-3-2-6-13(14)19)10-16(20)18-15-8-4-5-9-17-15/h2-9,12H,10-11H2,1H3,(H,17,18,20). The van der Waals surface area contributed by atoms with Crippen molar-refractivity contribution in [1.82, 2.24) is 4.98 Å². The minimum Gasteiger partial charge on any atom is -0.489 e. The second-order valence-corrected chi connectivity index (χ2v) is 5.01. The van der Waals surface area contributed by atoms with Crippen molar-refractivity contribution in [3.8, 4) is 5.75 Å². The first-order chi connectivity index (χ1) is 10.2. The Labute approximate surface area is 123 Å². The van der Waals surface area contributed by atoms with Crippen molar-refractivity contribution in [2.45, 2.75) is 12.5 Å². The normalized spacial score (nSPS) is 16.8. The van der Waals surface area contributed by atoms with Gasteiger partial charge in [0.2, 0.25) is 5.91 Å². The van der Waals surface area contributed by atoms with Gasteiger partial charge in [-0.25, -0.2) is 4.98 Å². The van der Waals surface area contributed by atoms with Crippen molar-refractivity contribution in [2.24, 2.45) is 0 Å². The van der Waals surface area contributed by atoms with E-state index >= 15 is 0 Å². The summed E-state index contributed by atoms with van der Waals surface area (Å²) in [4.78, 5) is 18.3. The summed E-state index contributed by atoms with van der Waals surface area (Å²) in [5.74, 6) is 1.37. The molecule has 0 radical (unpaired) electrons. The van der Waals surface area contributed by atoms with Gasteiger partial charge in [0, 0.05) is 13.2 Å². The second kappa shape index (κ2) is 5.83. The number of amides is 1. The fourth-order valence-corrected chi connectivity index (χ4v) is 2.41. The molecule has 1 aliphatic heterocycles. The summed E-state index contributed by atoms with van der Waals surface area (Å²) >= 11 is 0. The van der Waals surface area contributed by atoms with E-state index in [0.29, 0.717) is 18.8 Å². The van der Waals surface area contributed by atoms with Crippen molar-refractivity contribution in [2.75, 3.05) is 23.9 Å². The van der Waals surface area contributed by atoms with Crippen LogP contribution >= 0.6 is 0 Å². The highest BCUT2D eigenvalue weighted by Crippen LogP contribution is 2.33. The van der Waals surface area contributed by atoms with Gasteiger partial charge in [0.15, 0.2) is 0 Å². The number of aromatic nitrogens is 1. The number of rotatable bonds is 3. The molecule has 1 amide bonds. The molecule has 2 heterocycles. The van der Waals surface area contributed by atoms with Gasteiger partial charge in [0.05, 0.1) is 18.2 Å². The van der Waals surface area contributed by atoms with E-state index in [1.54, 1.807) is 12.3 Å². The SMILES string of the molecule is CN1c2ccccc2OCC1CC(=O)Nc1ccccn1. The average molecular weight is 283 g/mol. The van der Waals surface area contributed by atoms with Crippen molar-refractivity contribution in [3.05, 3.63) is 48.7 Å². The number of para-hydroxylation sites is 2. The Morgan fingerprint density at radius 2 is 2.14 bits per heavy atom. The van der Waals surface area contributed by atoms with Crippen LogP contribution in [0.4, 0.5) is 11.5 Å². The lowest BCUT2D eigenvalue weighted by Crippen LogP contribution is -2.42. The van der Waals surface area contributed by atoms with E-state index in [4.69, 9.17) is 4.74 Å². The molecule has 0 aliphatic carbocycles. The molecule has 0 saturated carbocycles. The summed E-state index contributed by atoms with van der Waals surface area (Å²) in [5, 5.41) is 2.80.